The van der Waals surface area contributed by atoms with Crippen molar-refractivity contribution in [1.29, 1.82) is 0 Å². The molecule has 0 bridgehead atoms. The first-order chi connectivity index (χ1) is 10.1. The standard InChI is InChI=1S/C16H12Cl2N2S/c1-10-7-8-12(17)9-13(10)15-19-20-16(21-15)14(18)11-5-3-2-4-6-11/h2-9,14H,1H3. The summed E-state index contributed by atoms with van der Waals surface area (Å²) >= 11 is 14.0. The molecule has 0 radical (unpaired) electrons. The molecule has 0 aliphatic rings. The zero-order valence-electron chi connectivity index (χ0n) is 11.3. The van der Waals surface area contributed by atoms with Crippen LogP contribution in [0.4, 0.5) is 0 Å². The lowest BCUT2D eigenvalue weighted by Gasteiger charge is -2.05. The first-order valence-electron chi connectivity index (χ1n) is 6.44. The lowest BCUT2D eigenvalue weighted by Crippen LogP contribution is -1.91. The first kappa shape index (κ1) is 14.5. The molecule has 0 fully saturated rings. The van der Waals surface area contributed by atoms with Gasteiger partial charge in [0.25, 0.3) is 0 Å². The molecule has 0 aliphatic heterocycles. The van der Waals surface area contributed by atoms with Gasteiger partial charge in [0.1, 0.15) is 15.4 Å². The average molecular weight is 335 g/mol. The Balaban J connectivity index is 1.95. The van der Waals surface area contributed by atoms with E-state index >= 15 is 0 Å². The summed E-state index contributed by atoms with van der Waals surface area (Å²) in [5.74, 6) is 0. The molecular weight excluding hydrogens is 323 g/mol. The maximum atomic E-state index is 6.49. The van der Waals surface area contributed by atoms with Gasteiger partial charge in [-0.1, -0.05) is 59.3 Å². The van der Waals surface area contributed by atoms with Crippen LogP contribution in [-0.4, -0.2) is 10.2 Å². The summed E-state index contributed by atoms with van der Waals surface area (Å²) in [6, 6.07) is 15.6. The highest BCUT2D eigenvalue weighted by atomic mass is 35.5. The molecule has 1 aromatic heterocycles. The van der Waals surface area contributed by atoms with Crippen LogP contribution in [0, 0.1) is 6.92 Å². The third-order valence-electron chi connectivity index (χ3n) is 3.18. The molecular formula is C16H12Cl2N2S. The highest BCUT2D eigenvalue weighted by molar-refractivity contribution is 7.15. The number of alkyl halides is 1. The number of aryl methyl sites for hydroxylation is 1. The Bertz CT molecular complexity index is 756. The Morgan fingerprint density at radius 2 is 1.81 bits per heavy atom. The SMILES string of the molecule is Cc1ccc(Cl)cc1-c1nnc(C(Cl)c2ccccc2)s1. The van der Waals surface area contributed by atoms with Crippen molar-refractivity contribution in [2.45, 2.75) is 12.3 Å². The summed E-state index contributed by atoms with van der Waals surface area (Å²) < 4.78 is 0. The molecule has 106 valence electrons. The molecule has 2 aromatic carbocycles. The molecule has 1 atom stereocenters. The van der Waals surface area contributed by atoms with Crippen LogP contribution >= 0.6 is 34.5 Å². The molecule has 1 unspecified atom stereocenters. The van der Waals surface area contributed by atoms with Crippen LogP contribution in [0.1, 0.15) is 21.5 Å². The number of aromatic nitrogens is 2. The number of halogens is 2. The third kappa shape index (κ3) is 3.10. The molecule has 0 saturated carbocycles. The van der Waals surface area contributed by atoms with Gasteiger partial charge in [0.15, 0.2) is 0 Å². The highest BCUT2D eigenvalue weighted by Gasteiger charge is 2.17. The van der Waals surface area contributed by atoms with Gasteiger partial charge in [-0.15, -0.1) is 21.8 Å². The lowest BCUT2D eigenvalue weighted by molar-refractivity contribution is 0.987. The zero-order chi connectivity index (χ0) is 14.8. The molecule has 21 heavy (non-hydrogen) atoms. The second kappa shape index (κ2) is 6.14. The molecule has 0 amide bonds. The van der Waals surface area contributed by atoms with E-state index in [4.69, 9.17) is 23.2 Å². The zero-order valence-corrected chi connectivity index (χ0v) is 13.6. The van der Waals surface area contributed by atoms with Crippen molar-refractivity contribution >= 4 is 34.5 Å². The van der Waals surface area contributed by atoms with E-state index in [1.165, 1.54) is 11.3 Å². The van der Waals surface area contributed by atoms with Gasteiger partial charge in [0.05, 0.1) is 0 Å². The molecule has 0 N–H and O–H groups in total. The van der Waals surface area contributed by atoms with Crippen molar-refractivity contribution in [3.63, 3.8) is 0 Å². The van der Waals surface area contributed by atoms with Crippen LogP contribution < -0.4 is 0 Å². The van der Waals surface area contributed by atoms with E-state index in [1.807, 2.05) is 55.5 Å². The van der Waals surface area contributed by atoms with Crippen LogP contribution in [0.2, 0.25) is 5.02 Å². The summed E-state index contributed by atoms with van der Waals surface area (Å²) in [6.45, 7) is 2.03. The Morgan fingerprint density at radius 3 is 2.57 bits per heavy atom. The number of hydrogen-bond acceptors (Lipinski definition) is 3. The second-order valence-electron chi connectivity index (χ2n) is 4.68. The van der Waals surface area contributed by atoms with Crippen LogP contribution in [0.5, 0.6) is 0 Å². The molecule has 0 spiro atoms. The topological polar surface area (TPSA) is 25.8 Å². The van der Waals surface area contributed by atoms with Crippen molar-refractivity contribution in [1.82, 2.24) is 10.2 Å². The lowest BCUT2D eigenvalue weighted by atomic mass is 10.1. The molecule has 2 nitrogen and oxygen atoms in total. The summed E-state index contributed by atoms with van der Waals surface area (Å²) in [4.78, 5) is 0. The van der Waals surface area contributed by atoms with E-state index in [2.05, 4.69) is 10.2 Å². The minimum absolute atomic E-state index is 0.281. The van der Waals surface area contributed by atoms with Crippen molar-refractivity contribution in [2.24, 2.45) is 0 Å². The fraction of sp³-hybridized carbons (Fsp3) is 0.125. The van der Waals surface area contributed by atoms with E-state index in [0.717, 1.165) is 26.7 Å². The monoisotopic (exact) mass is 334 g/mol. The summed E-state index contributed by atoms with van der Waals surface area (Å²) in [7, 11) is 0. The summed E-state index contributed by atoms with van der Waals surface area (Å²) in [5, 5.41) is 10.5. The maximum absolute atomic E-state index is 6.49. The van der Waals surface area contributed by atoms with Crippen LogP contribution in [-0.2, 0) is 0 Å². The second-order valence-corrected chi connectivity index (χ2v) is 6.56. The Kier molecular flexibility index (Phi) is 4.24. The number of rotatable bonds is 3. The van der Waals surface area contributed by atoms with Gasteiger partial charge < -0.3 is 0 Å². The van der Waals surface area contributed by atoms with E-state index in [9.17, 15) is 0 Å². The van der Waals surface area contributed by atoms with Gasteiger partial charge in [-0.2, -0.15) is 0 Å². The average Bonchev–Trinajstić information content (AvgIpc) is 2.99. The fourth-order valence-electron chi connectivity index (χ4n) is 2.04. The normalized spacial score (nSPS) is 12.3. The van der Waals surface area contributed by atoms with Crippen LogP contribution in [0.15, 0.2) is 48.5 Å². The van der Waals surface area contributed by atoms with Crippen molar-refractivity contribution in [3.05, 3.63) is 69.7 Å². The van der Waals surface area contributed by atoms with Gasteiger partial charge in [-0.05, 0) is 30.2 Å². The summed E-state index contributed by atoms with van der Waals surface area (Å²) in [6.07, 6.45) is 0. The number of benzene rings is 2. The smallest absolute Gasteiger partial charge is 0.141 e. The van der Waals surface area contributed by atoms with E-state index in [-0.39, 0.29) is 5.38 Å². The molecule has 5 heteroatoms. The molecule has 3 aromatic rings. The van der Waals surface area contributed by atoms with E-state index < -0.39 is 0 Å². The van der Waals surface area contributed by atoms with Gasteiger partial charge in [-0.25, -0.2) is 0 Å². The van der Waals surface area contributed by atoms with Crippen LogP contribution in [0.3, 0.4) is 0 Å². The molecule has 0 saturated heterocycles. The van der Waals surface area contributed by atoms with Crippen LogP contribution in [0.25, 0.3) is 10.6 Å². The van der Waals surface area contributed by atoms with Crippen molar-refractivity contribution in [2.75, 3.05) is 0 Å². The van der Waals surface area contributed by atoms with Gasteiger partial charge in [0, 0.05) is 10.6 Å². The largest absolute Gasteiger partial charge is 0.148 e. The molecule has 0 aliphatic carbocycles. The number of hydrogen-bond donors (Lipinski definition) is 0. The molecule has 3 rings (SSSR count). The number of nitrogens with zero attached hydrogens (tertiary/aromatic N) is 2. The Hall–Kier alpha value is -1.42. The van der Waals surface area contributed by atoms with Crippen molar-refractivity contribution in [3.8, 4) is 10.6 Å². The predicted octanol–water partition coefficient (Wildman–Crippen LogP) is 5.50. The van der Waals surface area contributed by atoms with E-state index in [1.54, 1.807) is 0 Å². The predicted molar refractivity (Wildman–Crippen MR) is 89.2 cm³/mol. The van der Waals surface area contributed by atoms with Gasteiger partial charge >= 0.3 is 0 Å². The third-order valence-corrected chi connectivity index (χ3v) is 5.02. The first-order valence-corrected chi connectivity index (χ1v) is 8.07. The van der Waals surface area contributed by atoms with Gasteiger partial charge in [-0.3, -0.25) is 0 Å². The minimum atomic E-state index is -0.281. The highest BCUT2D eigenvalue weighted by Crippen LogP contribution is 2.35. The van der Waals surface area contributed by atoms with Crippen molar-refractivity contribution < 1.29 is 0 Å². The molecule has 1 heterocycles. The fourth-order valence-corrected chi connectivity index (χ4v) is 3.46. The van der Waals surface area contributed by atoms with Gasteiger partial charge in [0.2, 0.25) is 0 Å². The maximum Gasteiger partial charge on any atom is 0.148 e. The summed E-state index contributed by atoms with van der Waals surface area (Å²) in [5.41, 5.74) is 3.14. The quantitative estimate of drug-likeness (QED) is 0.591. The minimum Gasteiger partial charge on any atom is -0.141 e. The Labute approximate surface area is 137 Å². The Morgan fingerprint density at radius 1 is 1.05 bits per heavy atom. The van der Waals surface area contributed by atoms with E-state index in [0.29, 0.717) is 5.02 Å².